The highest BCUT2D eigenvalue weighted by Crippen LogP contribution is 2.38. The number of rotatable bonds is 0. The topological polar surface area (TPSA) is 14.2 Å². The van der Waals surface area contributed by atoms with Gasteiger partial charge in [-0.25, -0.2) is 0 Å². The second-order valence-electron chi connectivity index (χ2n) is 10.3. The molecule has 0 spiro atoms. The Bertz CT molecular complexity index is 1600. The first kappa shape index (κ1) is 18.1. The molecule has 2 nitrogen and oxygen atoms in total. The van der Waals surface area contributed by atoms with Gasteiger partial charge in [-0.3, -0.25) is 0 Å². The third kappa shape index (κ3) is 2.21. The van der Waals surface area contributed by atoms with Gasteiger partial charge in [0.25, 0.3) is 6.71 Å². The van der Waals surface area contributed by atoms with Crippen molar-refractivity contribution in [3.05, 3.63) is 83.9 Å². The molecule has 0 aliphatic carbocycles. The maximum atomic E-state index is 6.56. The molecule has 0 atom stereocenters. The molecule has 0 saturated carbocycles. The molecule has 5 aromatic rings. The van der Waals surface area contributed by atoms with Gasteiger partial charge < -0.3 is 9.30 Å². The molecule has 32 heavy (non-hydrogen) atoms. The third-order valence-corrected chi connectivity index (χ3v) is 7.24. The first-order valence-electron chi connectivity index (χ1n) is 11.4. The summed E-state index contributed by atoms with van der Waals surface area (Å²) in [5.74, 6) is 1.97. The second-order valence-corrected chi connectivity index (χ2v) is 10.3. The molecule has 4 aromatic carbocycles. The minimum absolute atomic E-state index is 0.0843. The molecule has 7 rings (SSSR count). The fourth-order valence-electron chi connectivity index (χ4n) is 5.76. The van der Waals surface area contributed by atoms with Crippen molar-refractivity contribution in [3.63, 3.8) is 0 Å². The number of nitrogens with zero attached hydrogens (tertiary/aromatic N) is 1. The Balaban J connectivity index is 1.67. The first-order chi connectivity index (χ1) is 15.4. The van der Waals surface area contributed by atoms with Gasteiger partial charge in [0.15, 0.2) is 0 Å². The van der Waals surface area contributed by atoms with Gasteiger partial charge in [0.2, 0.25) is 0 Å². The van der Waals surface area contributed by atoms with E-state index in [9.17, 15) is 0 Å². The largest absolute Gasteiger partial charge is 0.458 e. The highest BCUT2D eigenvalue weighted by molar-refractivity contribution is 6.99. The normalized spacial score (nSPS) is 13.8. The van der Waals surface area contributed by atoms with E-state index >= 15 is 0 Å². The molecule has 3 heteroatoms. The summed E-state index contributed by atoms with van der Waals surface area (Å²) in [7, 11) is 0. The van der Waals surface area contributed by atoms with Crippen molar-refractivity contribution in [3.8, 4) is 17.2 Å². The maximum Gasteiger partial charge on any atom is 0.256 e. The zero-order chi connectivity index (χ0) is 21.8. The molecule has 0 amide bonds. The van der Waals surface area contributed by atoms with E-state index in [4.69, 9.17) is 4.74 Å². The van der Waals surface area contributed by atoms with Crippen molar-refractivity contribution in [2.45, 2.75) is 33.1 Å². The minimum Gasteiger partial charge on any atom is -0.458 e. The Labute approximate surface area is 188 Å². The minimum atomic E-state index is 0.0843. The molecule has 0 unspecified atom stereocenters. The number of hydrogen-bond acceptors (Lipinski definition) is 1. The molecular weight excluding hydrogens is 389 g/mol. The van der Waals surface area contributed by atoms with Gasteiger partial charge in [0.1, 0.15) is 11.5 Å². The predicted molar refractivity (Wildman–Crippen MR) is 135 cm³/mol. The van der Waals surface area contributed by atoms with Crippen LogP contribution in [-0.2, 0) is 5.41 Å². The van der Waals surface area contributed by atoms with Crippen LogP contribution in [0, 0.1) is 6.92 Å². The Morgan fingerprint density at radius 3 is 2.44 bits per heavy atom. The van der Waals surface area contributed by atoms with Gasteiger partial charge >= 0.3 is 0 Å². The van der Waals surface area contributed by atoms with Crippen molar-refractivity contribution in [2.24, 2.45) is 0 Å². The van der Waals surface area contributed by atoms with E-state index in [1.807, 2.05) is 0 Å². The van der Waals surface area contributed by atoms with Crippen molar-refractivity contribution in [2.75, 3.05) is 0 Å². The summed E-state index contributed by atoms with van der Waals surface area (Å²) in [6.07, 6.45) is 0. The summed E-state index contributed by atoms with van der Waals surface area (Å²) in [5, 5.41) is 2.63. The lowest BCUT2D eigenvalue weighted by atomic mass is 9.34. The Morgan fingerprint density at radius 1 is 0.781 bits per heavy atom. The van der Waals surface area contributed by atoms with Crippen LogP contribution in [0.2, 0.25) is 0 Å². The molecule has 0 radical (unpaired) electrons. The number of aryl methyl sites for hydroxylation is 1. The molecule has 2 aliphatic heterocycles. The highest BCUT2D eigenvalue weighted by atomic mass is 16.5. The molecule has 0 bridgehead atoms. The summed E-state index contributed by atoms with van der Waals surface area (Å²) >= 11 is 0. The second kappa shape index (κ2) is 5.86. The van der Waals surface area contributed by atoms with Gasteiger partial charge in [-0.1, -0.05) is 69.3 Å². The smallest absolute Gasteiger partial charge is 0.256 e. The summed E-state index contributed by atoms with van der Waals surface area (Å²) in [6, 6.07) is 26.9. The van der Waals surface area contributed by atoms with Crippen LogP contribution in [0.3, 0.4) is 0 Å². The predicted octanol–water partition coefficient (Wildman–Crippen LogP) is 5.32. The average Bonchev–Trinajstić information content (AvgIpc) is 3.11. The van der Waals surface area contributed by atoms with Crippen LogP contribution < -0.4 is 21.1 Å². The van der Waals surface area contributed by atoms with Crippen LogP contribution in [0.15, 0.2) is 72.8 Å². The molecule has 0 fully saturated rings. The Hall–Kier alpha value is -3.46. The molecule has 154 valence electrons. The number of hydrogen-bond donors (Lipinski definition) is 0. The zero-order valence-corrected chi connectivity index (χ0v) is 18.9. The van der Waals surface area contributed by atoms with Crippen LogP contribution in [0.5, 0.6) is 11.5 Å². The van der Waals surface area contributed by atoms with E-state index in [-0.39, 0.29) is 12.1 Å². The fraction of sp³-hybridized carbons (Fsp3) is 0.172. The van der Waals surface area contributed by atoms with Crippen LogP contribution in [0.25, 0.3) is 27.5 Å². The number of fused-ring (bicyclic) bond motifs is 7. The van der Waals surface area contributed by atoms with Gasteiger partial charge in [0, 0.05) is 22.0 Å². The summed E-state index contributed by atoms with van der Waals surface area (Å²) in [4.78, 5) is 0. The maximum absolute atomic E-state index is 6.56. The molecule has 1 aromatic heterocycles. The number of ether oxygens (including phenoxy) is 1. The van der Waals surface area contributed by atoms with Crippen LogP contribution in [-0.4, -0.2) is 11.3 Å². The van der Waals surface area contributed by atoms with Crippen LogP contribution in [0.1, 0.15) is 31.9 Å². The SMILES string of the molecule is Cc1cc2c3c(c1)-n1c4ccccc4c4cccc(c41)B3c1cc(C(C)(C)C)ccc1O2. The molecule has 2 aliphatic rings. The number of aromatic nitrogens is 1. The van der Waals surface area contributed by atoms with Gasteiger partial charge in [-0.2, -0.15) is 0 Å². The van der Waals surface area contributed by atoms with Crippen LogP contribution in [0.4, 0.5) is 0 Å². The quantitative estimate of drug-likeness (QED) is 0.307. The Morgan fingerprint density at radius 2 is 1.59 bits per heavy atom. The van der Waals surface area contributed by atoms with E-state index in [1.54, 1.807) is 0 Å². The monoisotopic (exact) mass is 413 g/mol. The van der Waals surface area contributed by atoms with E-state index < -0.39 is 0 Å². The molecular formula is C29H24BNO. The molecule has 0 saturated heterocycles. The molecule has 0 N–H and O–H groups in total. The van der Waals surface area contributed by atoms with Crippen molar-refractivity contribution < 1.29 is 4.74 Å². The van der Waals surface area contributed by atoms with Gasteiger partial charge in [-0.05, 0) is 64.1 Å². The van der Waals surface area contributed by atoms with E-state index in [0.29, 0.717) is 0 Å². The van der Waals surface area contributed by atoms with E-state index in [2.05, 4.69) is 105 Å². The lowest BCUT2D eigenvalue weighted by Crippen LogP contribution is -2.58. The van der Waals surface area contributed by atoms with Crippen molar-refractivity contribution in [1.29, 1.82) is 0 Å². The summed E-state index contributed by atoms with van der Waals surface area (Å²) < 4.78 is 9.02. The summed E-state index contributed by atoms with van der Waals surface area (Å²) in [6.45, 7) is 9.17. The molecule has 3 heterocycles. The van der Waals surface area contributed by atoms with Crippen molar-refractivity contribution in [1.82, 2.24) is 4.57 Å². The van der Waals surface area contributed by atoms with Gasteiger partial charge in [0.05, 0.1) is 5.52 Å². The Kier molecular flexibility index (Phi) is 3.32. The van der Waals surface area contributed by atoms with E-state index in [1.165, 1.54) is 55.0 Å². The lowest BCUT2D eigenvalue weighted by Gasteiger charge is -2.34. The number of para-hydroxylation sites is 2. The van der Waals surface area contributed by atoms with Crippen LogP contribution >= 0.6 is 0 Å². The highest BCUT2D eigenvalue weighted by Gasteiger charge is 2.40. The summed E-state index contributed by atoms with van der Waals surface area (Å²) in [5.41, 5.74) is 10.4. The lowest BCUT2D eigenvalue weighted by molar-refractivity contribution is 0.485. The first-order valence-corrected chi connectivity index (χ1v) is 11.4. The fourth-order valence-corrected chi connectivity index (χ4v) is 5.76. The zero-order valence-electron chi connectivity index (χ0n) is 18.9. The third-order valence-electron chi connectivity index (χ3n) is 7.24. The average molecular weight is 413 g/mol. The van der Waals surface area contributed by atoms with Crippen molar-refractivity contribution >= 4 is 44.9 Å². The standard InChI is InChI=1S/C29H24BNO/c1-17-14-24-27-26(15-17)32-25-13-12-18(29(2,3)4)16-22(25)30(27)21-10-7-9-20-19-8-5-6-11-23(19)31(24)28(20)21/h5-16H,1-4H3. The van der Waals surface area contributed by atoms with E-state index in [0.717, 1.165) is 11.5 Å². The number of benzene rings is 4. The van der Waals surface area contributed by atoms with Gasteiger partial charge in [-0.15, -0.1) is 0 Å².